The van der Waals surface area contributed by atoms with Crippen LogP contribution in [0.15, 0.2) is 112 Å². The highest BCUT2D eigenvalue weighted by Gasteiger charge is 2.43. The number of furan rings is 1. The minimum Gasteiger partial charge on any atom is -0.461 e. The summed E-state index contributed by atoms with van der Waals surface area (Å²) in [5, 5.41) is 15.8. The summed E-state index contributed by atoms with van der Waals surface area (Å²) in [4.78, 5) is 13.9. The molecule has 7 nitrogen and oxygen atoms in total. The molecule has 0 saturated heterocycles. The zero-order valence-corrected chi connectivity index (χ0v) is 22.2. The number of amides is 1. The summed E-state index contributed by atoms with van der Waals surface area (Å²) >= 11 is 1.30. The van der Waals surface area contributed by atoms with Gasteiger partial charge in [-0.1, -0.05) is 66.4 Å². The molecule has 3 aromatic carbocycles. The van der Waals surface area contributed by atoms with Crippen LogP contribution in [0.1, 0.15) is 29.2 Å². The van der Waals surface area contributed by atoms with Crippen LogP contribution >= 0.6 is 11.8 Å². The van der Waals surface area contributed by atoms with Crippen molar-refractivity contribution in [3.05, 3.63) is 120 Å². The van der Waals surface area contributed by atoms with Crippen molar-refractivity contribution >= 4 is 23.4 Å². The number of aryl methyl sites for hydroxylation is 1. The number of fused-ring (bicyclic) bond motifs is 3. The average molecular weight is 550 g/mol. The molecular formula is C31H24FN5O2S. The Hall–Kier alpha value is -4.50. The Morgan fingerprint density at radius 1 is 0.950 bits per heavy atom. The zero-order chi connectivity index (χ0) is 27.1. The molecule has 7 rings (SSSR count). The van der Waals surface area contributed by atoms with Crippen molar-refractivity contribution in [3.63, 3.8) is 0 Å². The van der Waals surface area contributed by atoms with Crippen LogP contribution in [0.5, 0.6) is 0 Å². The molecule has 0 saturated carbocycles. The van der Waals surface area contributed by atoms with E-state index in [0.29, 0.717) is 16.7 Å². The van der Waals surface area contributed by atoms with E-state index in [1.165, 1.54) is 29.5 Å². The van der Waals surface area contributed by atoms with Crippen molar-refractivity contribution in [1.29, 1.82) is 0 Å². The summed E-state index contributed by atoms with van der Waals surface area (Å²) in [6.45, 7) is 0. The number of para-hydroxylation sites is 1. The molecule has 1 amide bonds. The number of thioether (sulfide) groups is 1. The highest BCUT2D eigenvalue weighted by Crippen LogP contribution is 2.43. The number of carbonyl (C=O) groups excluding carboxylic acids is 1. The third kappa shape index (κ3) is 4.32. The van der Waals surface area contributed by atoms with E-state index in [9.17, 15) is 9.18 Å². The summed E-state index contributed by atoms with van der Waals surface area (Å²) in [6.07, 6.45) is 3.36. The van der Waals surface area contributed by atoms with Crippen LogP contribution in [-0.4, -0.2) is 37.1 Å². The van der Waals surface area contributed by atoms with E-state index in [1.54, 1.807) is 29.5 Å². The van der Waals surface area contributed by atoms with Crippen molar-refractivity contribution < 1.29 is 13.6 Å². The summed E-state index contributed by atoms with van der Waals surface area (Å²) in [6, 6.07) is 27.7. The lowest BCUT2D eigenvalue weighted by Crippen LogP contribution is -2.33. The van der Waals surface area contributed by atoms with Crippen LogP contribution in [0, 0.1) is 11.7 Å². The fourth-order valence-electron chi connectivity index (χ4n) is 5.60. The van der Waals surface area contributed by atoms with Gasteiger partial charge in [0.1, 0.15) is 5.82 Å². The number of benzene rings is 3. The molecule has 2 unspecified atom stereocenters. The lowest BCUT2D eigenvalue weighted by Gasteiger charge is -2.29. The van der Waals surface area contributed by atoms with Crippen molar-refractivity contribution in [1.82, 2.24) is 19.8 Å². The van der Waals surface area contributed by atoms with Crippen LogP contribution in [0.2, 0.25) is 0 Å². The van der Waals surface area contributed by atoms with Crippen molar-refractivity contribution in [2.24, 2.45) is 11.0 Å². The van der Waals surface area contributed by atoms with Crippen LogP contribution in [0.4, 0.5) is 4.39 Å². The number of nitrogens with zero attached hydrogens (tertiary/aromatic N) is 5. The molecule has 0 radical (unpaired) electrons. The van der Waals surface area contributed by atoms with Gasteiger partial charge < -0.3 is 4.42 Å². The first-order chi connectivity index (χ1) is 19.7. The third-order valence-electron chi connectivity index (χ3n) is 7.41. The van der Waals surface area contributed by atoms with Crippen LogP contribution in [0.3, 0.4) is 0 Å². The topological polar surface area (TPSA) is 76.5 Å². The predicted molar refractivity (Wildman–Crippen MR) is 151 cm³/mol. The second-order valence-corrected chi connectivity index (χ2v) is 10.7. The number of aromatic nitrogens is 3. The standard InChI is InChI=1S/C31H24FN5O2S/c32-22-15-12-21(13-16-22)29-25-17-14-20-7-4-5-10-24(20)28(25)35-37(29)27(38)19-40-31-34-33-30(26-11-6-18-39-26)36(31)23-8-2-1-3-9-23/h1-13,15-16,18,25,29H,14,17,19H2. The van der Waals surface area contributed by atoms with Crippen LogP contribution in [-0.2, 0) is 11.2 Å². The minimum absolute atomic E-state index is 0.0350. The maximum Gasteiger partial charge on any atom is 0.253 e. The van der Waals surface area contributed by atoms with Crippen LogP contribution in [0.25, 0.3) is 17.3 Å². The van der Waals surface area contributed by atoms with Gasteiger partial charge in [-0.2, -0.15) is 5.10 Å². The van der Waals surface area contributed by atoms with E-state index in [0.717, 1.165) is 35.4 Å². The molecule has 2 aromatic heterocycles. The molecule has 5 aromatic rings. The second kappa shape index (κ2) is 10.2. The van der Waals surface area contributed by atoms with E-state index < -0.39 is 0 Å². The summed E-state index contributed by atoms with van der Waals surface area (Å²) < 4.78 is 21.3. The lowest BCUT2D eigenvalue weighted by molar-refractivity contribution is -0.130. The van der Waals surface area contributed by atoms with Gasteiger partial charge in [-0.3, -0.25) is 9.36 Å². The van der Waals surface area contributed by atoms with Gasteiger partial charge in [0.2, 0.25) is 5.82 Å². The van der Waals surface area contributed by atoms with Gasteiger partial charge in [-0.05, 0) is 60.4 Å². The summed E-state index contributed by atoms with van der Waals surface area (Å²) in [5.74, 6) is 0.817. The monoisotopic (exact) mass is 549 g/mol. The molecule has 0 bridgehead atoms. The molecule has 0 N–H and O–H groups in total. The van der Waals surface area contributed by atoms with E-state index in [1.807, 2.05) is 53.1 Å². The molecule has 40 heavy (non-hydrogen) atoms. The van der Waals surface area contributed by atoms with Gasteiger partial charge in [0.05, 0.1) is 23.8 Å². The molecule has 1 aliphatic carbocycles. The van der Waals surface area contributed by atoms with Gasteiger partial charge in [-0.25, -0.2) is 9.40 Å². The number of halogens is 1. The van der Waals surface area contributed by atoms with Gasteiger partial charge >= 0.3 is 0 Å². The van der Waals surface area contributed by atoms with E-state index in [4.69, 9.17) is 9.52 Å². The number of rotatable bonds is 6. The Morgan fingerprint density at radius 2 is 1.75 bits per heavy atom. The Morgan fingerprint density at radius 3 is 2.55 bits per heavy atom. The Labute approximate surface area is 234 Å². The molecule has 1 aliphatic heterocycles. The minimum atomic E-state index is -0.307. The Balaban J connectivity index is 1.21. The Kier molecular flexibility index (Phi) is 6.28. The fraction of sp³-hybridized carbons (Fsp3) is 0.161. The number of hydrazone groups is 1. The summed E-state index contributed by atoms with van der Waals surface area (Å²) in [7, 11) is 0. The van der Waals surface area contributed by atoms with E-state index >= 15 is 0 Å². The normalized spacial score (nSPS) is 17.8. The van der Waals surface area contributed by atoms with Gasteiger partial charge in [-0.15, -0.1) is 10.2 Å². The second-order valence-electron chi connectivity index (χ2n) is 9.77. The predicted octanol–water partition coefficient (Wildman–Crippen LogP) is 6.31. The van der Waals surface area contributed by atoms with Gasteiger partial charge in [0.15, 0.2) is 10.9 Å². The fourth-order valence-corrected chi connectivity index (χ4v) is 6.40. The smallest absolute Gasteiger partial charge is 0.253 e. The lowest BCUT2D eigenvalue weighted by atomic mass is 9.77. The highest BCUT2D eigenvalue weighted by atomic mass is 32.2. The first-order valence-corrected chi connectivity index (χ1v) is 14.1. The molecular weight excluding hydrogens is 525 g/mol. The Bertz CT molecular complexity index is 1700. The molecule has 2 atom stereocenters. The van der Waals surface area contributed by atoms with Crippen molar-refractivity contribution in [2.75, 3.05) is 5.75 Å². The maximum atomic E-state index is 13.9. The average Bonchev–Trinajstić information content (AvgIpc) is 3.75. The van der Waals surface area contributed by atoms with E-state index in [2.05, 4.69) is 22.3 Å². The molecule has 0 fully saturated rings. The largest absolute Gasteiger partial charge is 0.461 e. The molecule has 0 spiro atoms. The van der Waals surface area contributed by atoms with Crippen molar-refractivity contribution in [2.45, 2.75) is 24.0 Å². The first-order valence-electron chi connectivity index (χ1n) is 13.1. The van der Waals surface area contributed by atoms with Crippen LogP contribution < -0.4 is 0 Å². The quantitative estimate of drug-likeness (QED) is 0.232. The zero-order valence-electron chi connectivity index (χ0n) is 21.4. The van der Waals surface area contributed by atoms with Crippen molar-refractivity contribution in [3.8, 4) is 17.3 Å². The maximum absolute atomic E-state index is 13.9. The highest BCUT2D eigenvalue weighted by molar-refractivity contribution is 7.99. The first kappa shape index (κ1) is 24.5. The molecule has 198 valence electrons. The third-order valence-corrected chi connectivity index (χ3v) is 8.32. The number of hydrogen-bond acceptors (Lipinski definition) is 6. The van der Waals surface area contributed by atoms with E-state index in [-0.39, 0.29) is 29.4 Å². The summed E-state index contributed by atoms with van der Waals surface area (Å²) in [5.41, 5.74) is 4.97. The number of carbonyl (C=O) groups is 1. The molecule has 9 heteroatoms. The van der Waals surface area contributed by atoms with Gasteiger partial charge in [0.25, 0.3) is 5.91 Å². The number of hydrogen-bond donors (Lipinski definition) is 0. The van der Waals surface area contributed by atoms with Gasteiger partial charge in [0, 0.05) is 17.2 Å². The molecule has 3 heterocycles. The SMILES string of the molecule is O=C(CSc1nnc(-c2ccco2)n1-c1ccccc1)N1N=C2c3ccccc3CCC2C1c1ccc(F)cc1. The molecule has 2 aliphatic rings.